The summed E-state index contributed by atoms with van der Waals surface area (Å²) in [5, 5.41) is 10.6. The highest BCUT2D eigenvalue weighted by atomic mass is 32.2. The van der Waals surface area contributed by atoms with Gasteiger partial charge in [-0.2, -0.15) is 0 Å². The Labute approximate surface area is 158 Å². The molecule has 0 unspecified atom stereocenters. The van der Waals surface area contributed by atoms with Crippen molar-refractivity contribution < 1.29 is 23.7 Å². The van der Waals surface area contributed by atoms with Crippen LogP contribution in [0.4, 0.5) is 10.5 Å². The summed E-state index contributed by atoms with van der Waals surface area (Å²) >= 11 is 0.855. The summed E-state index contributed by atoms with van der Waals surface area (Å²) in [6, 6.07) is 9.38. The molecule has 0 spiro atoms. The minimum atomic E-state index is -0.479. The number of nitro groups is 1. The van der Waals surface area contributed by atoms with Crippen LogP contribution >= 0.6 is 11.8 Å². The molecule has 2 amide bonds. The van der Waals surface area contributed by atoms with E-state index in [9.17, 15) is 19.7 Å². The van der Waals surface area contributed by atoms with E-state index in [0.29, 0.717) is 36.7 Å². The largest absolute Gasteiger partial charge is 0.457 e. The third kappa shape index (κ3) is 4.26. The van der Waals surface area contributed by atoms with Crippen molar-refractivity contribution in [2.45, 2.75) is 6.42 Å². The number of non-ortho nitro benzene ring substituents is 1. The van der Waals surface area contributed by atoms with Crippen LogP contribution in [0, 0.1) is 10.1 Å². The van der Waals surface area contributed by atoms with Crippen LogP contribution < -0.4 is 0 Å². The summed E-state index contributed by atoms with van der Waals surface area (Å²) in [7, 11) is 1.56. The molecule has 1 aromatic carbocycles. The van der Waals surface area contributed by atoms with Gasteiger partial charge in [-0.25, -0.2) is 0 Å². The van der Waals surface area contributed by atoms with E-state index >= 15 is 0 Å². The molecule has 1 fully saturated rings. The van der Waals surface area contributed by atoms with Gasteiger partial charge in [-0.15, -0.1) is 0 Å². The highest BCUT2D eigenvalue weighted by Crippen LogP contribution is 2.33. The quantitative estimate of drug-likeness (QED) is 0.306. The van der Waals surface area contributed by atoms with Crippen LogP contribution in [0.25, 0.3) is 17.4 Å². The van der Waals surface area contributed by atoms with E-state index in [1.807, 2.05) is 0 Å². The molecule has 27 heavy (non-hydrogen) atoms. The summed E-state index contributed by atoms with van der Waals surface area (Å²) in [5.74, 6) is 0.456. The van der Waals surface area contributed by atoms with E-state index < -0.39 is 4.92 Å². The molecule has 1 saturated heterocycles. The van der Waals surface area contributed by atoms with Gasteiger partial charge in [0.05, 0.1) is 9.83 Å². The van der Waals surface area contributed by atoms with Gasteiger partial charge in [0.25, 0.3) is 16.8 Å². The molecule has 9 heteroatoms. The van der Waals surface area contributed by atoms with Crippen LogP contribution in [-0.2, 0) is 9.53 Å². The highest BCUT2D eigenvalue weighted by molar-refractivity contribution is 8.18. The van der Waals surface area contributed by atoms with Crippen LogP contribution in [0.2, 0.25) is 0 Å². The van der Waals surface area contributed by atoms with Crippen molar-refractivity contribution in [3.05, 3.63) is 57.2 Å². The molecular formula is C18H16N2O6S. The zero-order valence-electron chi connectivity index (χ0n) is 14.4. The first kappa shape index (κ1) is 18.9. The van der Waals surface area contributed by atoms with Crippen LogP contribution in [0.15, 0.2) is 45.7 Å². The van der Waals surface area contributed by atoms with Gasteiger partial charge in [0, 0.05) is 44.0 Å². The van der Waals surface area contributed by atoms with Gasteiger partial charge in [0.1, 0.15) is 11.5 Å². The average Bonchev–Trinajstić information content (AvgIpc) is 3.22. The van der Waals surface area contributed by atoms with Gasteiger partial charge in [0.2, 0.25) is 0 Å². The number of benzene rings is 1. The minimum Gasteiger partial charge on any atom is -0.457 e. The van der Waals surface area contributed by atoms with Crippen molar-refractivity contribution in [2.24, 2.45) is 0 Å². The van der Waals surface area contributed by atoms with E-state index in [1.54, 1.807) is 31.4 Å². The number of carbonyl (C=O) groups is 2. The van der Waals surface area contributed by atoms with Crippen molar-refractivity contribution in [3.8, 4) is 11.3 Å². The summed E-state index contributed by atoms with van der Waals surface area (Å²) in [6.07, 6.45) is 2.07. The normalized spacial score (nSPS) is 15.7. The second-order valence-electron chi connectivity index (χ2n) is 5.69. The van der Waals surface area contributed by atoms with Crippen molar-refractivity contribution in [2.75, 3.05) is 20.3 Å². The van der Waals surface area contributed by atoms with Gasteiger partial charge >= 0.3 is 0 Å². The van der Waals surface area contributed by atoms with E-state index in [-0.39, 0.29) is 21.7 Å². The molecule has 2 heterocycles. The fraction of sp³-hybridized carbons (Fsp3) is 0.222. The Kier molecular flexibility index (Phi) is 5.72. The molecule has 0 N–H and O–H groups in total. The van der Waals surface area contributed by atoms with Crippen LogP contribution in [0.3, 0.4) is 0 Å². The first-order chi connectivity index (χ1) is 13.0. The van der Waals surface area contributed by atoms with Gasteiger partial charge in [-0.05, 0) is 30.3 Å². The predicted molar refractivity (Wildman–Crippen MR) is 100.0 cm³/mol. The number of imide groups is 1. The second kappa shape index (κ2) is 8.19. The van der Waals surface area contributed by atoms with E-state index in [2.05, 4.69) is 0 Å². The lowest BCUT2D eigenvalue weighted by atomic mass is 10.1. The molecular weight excluding hydrogens is 372 g/mol. The number of hydrogen-bond acceptors (Lipinski definition) is 7. The smallest absolute Gasteiger partial charge is 0.293 e. The van der Waals surface area contributed by atoms with E-state index in [0.717, 1.165) is 11.8 Å². The van der Waals surface area contributed by atoms with E-state index in [1.165, 1.54) is 23.1 Å². The Morgan fingerprint density at radius 1 is 1.30 bits per heavy atom. The average molecular weight is 388 g/mol. The fourth-order valence-electron chi connectivity index (χ4n) is 2.55. The third-order valence-corrected chi connectivity index (χ3v) is 4.75. The lowest BCUT2D eigenvalue weighted by Gasteiger charge is -2.11. The van der Waals surface area contributed by atoms with Crippen LogP contribution in [0.5, 0.6) is 0 Å². The summed E-state index contributed by atoms with van der Waals surface area (Å²) in [5.41, 5.74) is 0.513. The molecule has 0 radical (unpaired) electrons. The highest BCUT2D eigenvalue weighted by Gasteiger charge is 2.34. The third-order valence-electron chi connectivity index (χ3n) is 3.85. The van der Waals surface area contributed by atoms with Gasteiger partial charge in [-0.1, -0.05) is 12.1 Å². The molecule has 2 aromatic rings. The molecule has 0 bridgehead atoms. The molecule has 0 atom stereocenters. The van der Waals surface area contributed by atoms with Crippen molar-refractivity contribution >= 4 is 34.7 Å². The first-order valence-electron chi connectivity index (χ1n) is 8.08. The summed E-state index contributed by atoms with van der Waals surface area (Å²) in [4.78, 5) is 36.2. The molecule has 8 nitrogen and oxygen atoms in total. The second-order valence-corrected chi connectivity index (χ2v) is 6.68. The molecule has 0 aliphatic carbocycles. The van der Waals surface area contributed by atoms with Gasteiger partial charge < -0.3 is 9.15 Å². The van der Waals surface area contributed by atoms with Crippen LogP contribution in [0.1, 0.15) is 12.2 Å². The first-order valence-corrected chi connectivity index (χ1v) is 8.90. The number of carbonyl (C=O) groups excluding carboxylic acids is 2. The number of ether oxygens (including phenoxy) is 1. The Morgan fingerprint density at radius 2 is 2.11 bits per heavy atom. The van der Waals surface area contributed by atoms with Gasteiger partial charge in [0.15, 0.2) is 0 Å². The predicted octanol–water partition coefficient (Wildman–Crippen LogP) is 3.93. The molecule has 3 rings (SSSR count). The topological polar surface area (TPSA) is 103 Å². The maximum atomic E-state index is 12.4. The lowest BCUT2D eigenvalue weighted by molar-refractivity contribution is -0.384. The van der Waals surface area contributed by atoms with Crippen molar-refractivity contribution in [1.82, 2.24) is 4.90 Å². The number of amides is 2. The SMILES string of the molecule is COCCCN1C(=O)S/C(=C/c2ccc(-c3cccc([N+](=O)[O-])c3)o2)C1=O. The summed E-state index contributed by atoms with van der Waals surface area (Å²) < 4.78 is 10.6. The number of rotatable bonds is 7. The Hall–Kier alpha value is -2.91. The number of hydrogen-bond donors (Lipinski definition) is 0. The maximum absolute atomic E-state index is 12.4. The number of nitrogens with zero attached hydrogens (tertiary/aromatic N) is 2. The Balaban J connectivity index is 1.77. The number of furan rings is 1. The van der Waals surface area contributed by atoms with E-state index in [4.69, 9.17) is 9.15 Å². The molecule has 1 aliphatic heterocycles. The fourth-order valence-corrected chi connectivity index (χ4v) is 3.39. The van der Waals surface area contributed by atoms with Gasteiger partial charge in [-0.3, -0.25) is 24.6 Å². The Bertz CT molecular complexity index is 920. The monoisotopic (exact) mass is 388 g/mol. The molecule has 140 valence electrons. The van der Waals surface area contributed by atoms with Crippen molar-refractivity contribution in [1.29, 1.82) is 0 Å². The Morgan fingerprint density at radius 3 is 2.85 bits per heavy atom. The molecule has 1 aromatic heterocycles. The summed E-state index contributed by atoms with van der Waals surface area (Å²) in [6.45, 7) is 0.762. The number of nitro benzene ring substituents is 1. The zero-order chi connectivity index (χ0) is 19.4. The standard InChI is InChI=1S/C18H16N2O6S/c1-25-9-3-8-19-17(21)16(27-18(19)22)11-14-6-7-15(26-14)12-4-2-5-13(10-12)20(23)24/h2,4-7,10-11H,3,8-9H2,1H3/b16-11+. The molecule has 1 aliphatic rings. The molecule has 0 saturated carbocycles. The number of thioether (sulfide) groups is 1. The van der Waals surface area contributed by atoms with Crippen molar-refractivity contribution in [3.63, 3.8) is 0 Å². The minimum absolute atomic E-state index is 0.0392. The maximum Gasteiger partial charge on any atom is 0.293 e. The van der Waals surface area contributed by atoms with Crippen LogP contribution in [-0.4, -0.2) is 41.2 Å². The zero-order valence-corrected chi connectivity index (χ0v) is 15.2. The number of methoxy groups -OCH3 is 1. The lowest BCUT2D eigenvalue weighted by Crippen LogP contribution is -2.29.